The SMILES string of the molecule is CCCN1C[C@H](COC(C)=O)CC2c3cccc4[nH]c(C(C)C)c(c34)C[C@H]21. The van der Waals surface area contributed by atoms with E-state index in [-0.39, 0.29) is 5.97 Å². The first-order chi connectivity index (χ1) is 13.0. The first kappa shape index (κ1) is 18.5. The fourth-order valence-electron chi connectivity index (χ4n) is 5.41. The summed E-state index contributed by atoms with van der Waals surface area (Å²) in [6.45, 7) is 11.0. The van der Waals surface area contributed by atoms with E-state index in [0.717, 1.165) is 32.4 Å². The molecule has 1 saturated heterocycles. The van der Waals surface area contributed by atoms with Gasteiger partial charge in [-0.2, -0.15) is 0 Å². The van der Waals surface area contributed by atoms with Crippen molar-refractivity contribution in [2.75, 3.05) is 19.7 Å². The molecule has 2 aromatic rings. The zero-order valence-electron chi connectivity index (χ0n) is 17.0. The van der Waals surface area contributed by atoms with Gasteiger partial charge in [0.1, 0.15) is 0 Å². The Morgan fingerprint density at radius 3 is 2.89 bits per heavy atom. The van der Waals surface area contributed by atoms with Crippen LogP contribution in [-0.2, 0) is 16.0 Å². The van der Waals surface area contributed by atoms with Crippen molar-refractivity contribution in [2.45, 2.75) is 64.8 Å². The number of aromatic nitrogens is 1. The lowest BCUT2D eigenvalue weighted by atomic mass is 9.71. The molecule has 3 atom stereocenters. The number of hydrogen-bond acceptors (Lipinski definition) is 3. The summed E-state index contributed by atoms with van der Waals surface area (Å²) in [6, 6.07) is 7.31. The zero-order valence-corrected chi connectivity index (χ0v) is 17.0. The van der Waals surface area contributed by atoms with Gasteiger partial charge in [0.25, 0.3) is 0 Å². The number of ether oxygens (including phenoxy) is 1. The Kier molecular flexibility index (Phi) is 5.02. The van der Waals surface area contributed by atoms with Gasteiger partial charge in [0.05, 0.1) is 6.61 Å². The van der Waals surface area contributed by atoms with Gasteiger partial charge >= 0.3 is 5.97 Å². The molecule has 0 radical (unpaired) electrons. The number of rotatable bonds is 5. The number of H-pyrrole nitrogens is 1. The monoisotopic (exact) mass is 368 g/mol. The molecule has 1 unspecified atom stereocenters. The number of nitrogens with one attached hydrogen (secondary N) is 1. The fraction of sp³-hybridized carbons (Fsp3) is 0.609. The molecule has 1 aliphatic heterocycles. The molecule has 1 aliphatic carbocycles. The van der Waals surface area contributed by atoms with Crippen LogP contribution in [0.5, 0.6) is 0 Å². The minimum absolute atomic E-state index is 0.167. The van der Waals surface area contributed by atoms with Crippen molar-refractivity contribution in [3.05, 3.63) is 35.0 Å². The Balaban J connectivity index is 1.74. The van der Waals surface area contributed by atoms with Crippen LogP contribution in [0.2, 0.25) is 0 Å². The Morgan fingerprint density at radius 2 is 2.19 bits per heavy atom. The van der Waals surface area contributed by atoms with Crippen molar-refractivity contribution in [1.29, 1.82) is 0 Å². The van der Waals surface area contributed by atoms with Gasteiger partial charge in [-0.3, -0.25) is 9.69 Å². The van der Waals surface area contributed by atoms with Crippen LogP contribution in [0, 0.1) is 5.92 Å². The summed E-state index contributed by atoms with van der Waals surface area (Å²) in [5.74, 6) is 1.29. The Morgan fingerprint density at radius 1 is 1.37 bits per heavy atom. The number of carbonyl (C=O) groups is 1. The van der Waals surface area contributed by atoms with Crippen molar-refractivity contribution in [2.24, 2.45) is 5.92 Å². The molecule has 1 aromatic carbocycles. The van der Waals surface area contributed by atoms with Crippen LogP contribution in [-0.4, -0.2) is 41.6 Å². The molecular weight excluding hydrogens is 336 g/mol. The van der Waals surface area contributed by atoms with E-state index < -0.39 is 0 Å². The van der Waals surface area contributed by atoms with Crippen molar-refractivity contribution in [1.82, 2.24) is 9.88 Å². The molecule has 4 heteroatoms. The number of esters is 1. The van der Waals surface area contributed by atoms with Gasteiger partial charge < -0.3 is 9.72 Å². The predicted molar refractivity (Wildman–Crippen MR) is 109 cm³/mol. The van der Waals surface area contributed by atoms with E-state index in [1.54, 1.807) is 0 Å². The van der Waals surface area contributed by atoms with E-state index in [0.29, 0.717) is 30.4 Å². The number of benzene rings is 1. The molecule has 4 nitrogen and oxygen atoms in total. The molecule has 146 valence electrons. The Bertz CT molecular complexity index is 838. The molecule has 1 aromatic heterocycles. The number of fused-ring (bicyclic) bond motifs is 2. The standard InChI is InChI=1S/C23H32N2O2/c1-5-9-25-12-16(13-27-15(4)26)10-18-17-7-6-8-20-22(17)19(11-21(18)25)23(24-20)14(2)3/h6-8,14,16,18,21,24H,5,9-13H2,1-4H3/t16-,18?,21-/m1/s1. The largest absolute Gasteiger partial charge is 0.466 e. The second-order valence-electron chi connectivity index (χ2n) is 8.72. The molecule has 2 heterocycles. The van der Waals surface area contributed by atoms with Crippen LogP contribution in [0.4, 0.5) is 0 Å². The average molecular weight is 369 g/mol. The third kappa shape index (κ3) is 3.29. The smallest absolute Gasteiger partial charge is 0.302 e. The first-order valence-electron chi connectivity index (χ1n) is 10.5. The van der Waals surface area contributed by atoms with Crippen molar-refractivity contribution in [3.8, 4) is 0 Å². The van der Waals surface area contributed by atoms with E-state index in [1.165, 1.54) is 34.6 Å². The lowest BCUT2D eigenvalue weighted by Crippen LogP contribution is -2.51. The Labute approximate surface area is 162 Å². The maximum Gasteiger partial charge on any atom is 0.302 e. The van der Waals surface area contributed by atoms with Gasteiger partial charge in [0.15, 0.2) is 0 Å². The summed E-state index contributed by atoms with van der Waals surface area (Å²) in [6.07, 6.45) is 3.40. The highest BCUT2D eigenvalue weighted by Crippen LogP contribution is 2.46. The van der Waals surface area contributed by atoms with Gasteiger partial charge in [-0.05, 0) is 48.9 Å². The van der Waals surface area contributed by atoms with Crippen LogP contribution >= 0.6 is 0 Å². The van der Waals surface area contributed by atoms with E-state index >= 15 is 0 Å². The third-order valence-corrected chi connectivity index (χ3v) is 6.43. The van der Waals surface area contributed by atoms with Gasteiger partial charge in [0, 0.05) is 47.9 Å². The lowest BCUT2D eigenvalue weighted by Gasteiger charge is -2.47. The molecule has 4 rings (SSSR count). The summed E-state index contributed by atoms with van der Waals surface area (Å²) in [5.41, 5.74) is 5.73. The maximum absolute atomic E-state index is 11.3. The molecule has 1 fully saturated rings. The first-order valence-corrected chi connectivity index (χ1v) is 10.5. The molecule has 0 spiro atoms. The molecule has 0 saturated carbocycles. The molecular formula is C23H32N2O2. The van der Waals surface area contributed by atoms with Gasteiger partial charge in [-0.25, -0.2) is 0 Å². The van der Waals surface area contributed by atoms with Crippen molar-refractivity contribution in [3.63, 3.8) is 0 Å². The second kappa shape index (κ2) is 7.31. The van der Waals surface area contributed by atoms with Crippen LogP contribution in [0.3, 0.4) is 0 Å². The summed E-state index contributed by atoms with van der Waals surface area (Å²) < 4.78 is 5.39. The summed E-state index contributed by atoms with van der Waals surface area (Å²) in [5, 5.41) is 1.46. The maximum atomic E-state index is 11.3. The third-order valence-electron chi connectivity index (χ3n) is 6.43. The highest BCUT2D eigenvalue weighted by molar-refractivity contribution is 5.90. The summed E-state index contributed by atoms with van der Waals surface area (Å²) in [7, 11) is 0. The predicted octanol–water partition coefficient (Wildman–Crippen LogP) is 4.59. The average Bonchev–Trinajstić information content (AvgIpc) is 3.01. The van der Waals surface area contributed by atoms with Crippen LogP contribution in [0.25, 0.3) is 10.9 Å². The minimum Gasteiger partial charge on any atom is -0.466 e. The molecule has 27 heavy (non-hydrogen) atoms. The van der Waals surface area contributed by atoms with E-state index in [4.69, 9.17) is 4.74 Å². The van der Waals surface area contributed by atoms with Crippen LogP contribution < -0.4 is 0 Å². The van der Waals surface area contributed by atoms with Crippen LogP contribution in [0.15, 0.2) is 18.2 Å². The van der Waals surface area contributed by atoms with Gasteiger partial charge in [-0.15, -0.1) is 0 Å². The number of hydrogen-bond donors (Lipinski definition) is 1. The number of nitrogens with zero attached hydrogens (tertiary/aromatic N) is 1. The minimum atomic E-state index is -0.167. The topological polar surface area (TPSA) is 45.3 Å². The molecule has 2 aliphatic rings. The fourth-order valence-corrected chi connectivity index (χ4v) is 5.41. The zero-order chi connectivity index (χ0) is 19.1. The summed E-state index contributed by atoms with van der Waals surface area (Å²) >= 11 is 0. The Hall–Kier alpha value is -1.81. The summed E-state index contributed by atoms with van der Waals surface area (Å²) in [4.78, 5) is 17.7. The number of aromatic amines is 1. The molecule has 0 amide bonds. The molecule has 0 bridgehead atoms. The number of piperidine rings is 1. The van der Waals surface area contributed by atoms with Crippen molar-refractivity contribution >= 4 is 16.9 Å². The van der Waals surface area contributed by atoms with Crippen molar-refractivity contribution < 1.29 is 9.53 Å². The van der Waals surface area contributed by atoms with Gasteiger partial charge in [0.2, 0.25) is 0 Å². The highest BCUT2D eigenvalue weighted by Gasteiger charge is 2.41. The lowest BCUT2D eigenvalue weighted by molar-refractivity contribution is -0.143. The van der Waals surface area contributed by atoms with Gasteiger partial charge in [-0.1, -0.05) is 32.9 Å². The second-order valence-corrected chi connectivity index (χ2v) is 8.72. The van der Waals surface area contributed by atoms with E-state index in [9.17, 15) is 4.79 Å². The quantitative estimate of drug-likeness (QED) is 0.785. The van der Waals surface area contributed by atoms with E-state index in [2.05, 4.69) is 48.9 Å². The number of likely N-dealkylation sites (tertiary alicyclic amines) is 1. The highest BCUT2D eigenvalue weighted by atomic mass is 16.5. The number of carbonyl (C=O) groups excluding carboxylic acids is 1. The van der Waals surface area contributed by atoms with Crippen LogP contribution in [0.1, 0.15) is 69.2 Å². The molecule has 1 N–H and O–H groups in total. The normalized spacial score (nSPS) is 25.0. The van der Waals surface area contributed by atoms with E-state index in [1.807, 2.05) is 0 Å².